The molecule has 1 aliphatic heterocycles. The molecule has 4 aromatic rings. The van der Waals surface area contributed by atoms with E-state index in [0.717, 1.165) is 0 Å². The van der Waals surface area contributed by atoms with Crippen molar-refractivity contribution in [2.75, 3.05) is 18.0 Å². The Bertz CT molecular complexity index is 1560. The minimum absolute atomic E-state index is 0.00412. The van der Waals surface area contributed by atoms with Crippen LogP contribution in [0.25, 0.3) is 11.0 Å². The molecular formula is C25H24ClFN6O4. The van der Waals surface area contributed by atoms with Gasteiger partial charge in [-0.05, 0) is 48.7 Å². The van der Waals surface area contributed by atoms with E-state index >= 15 is 0 Å². The lowest BCUT2D eigenvalue weighted by Crippen LogP contribution is -2.48. The Morgan fingerprint density at radius 3 is 2.76 bits per heavy atom. The van der Waals surface area contributed by atoms with Gasteiger partial charge in [-0.15, -0.1) is 0 Å². The normalized spacial score (nSPS) is 15.8. The van der Waals surface area contributed by atoms with Crippen molar-refractivity contribution < 1.29 is 19.1 Å². The summed E-state index contributed by atoms with van der Waals surface area (Å²) in [7, 11) is 1.56. The standard InChI is InChI=1S/C25H24ClFN6O4/c1-30-14-28-20-19(23(34)31-8-2-3-9-31)22(32-10-4-5-17(13-32)29-25(36)37)33(21(20)24(30)35)12-15-11-16(27)6-7-18(15)26/h2-3,6-9,11,14,17,29H,4-5,10,12-13H2,1H3,(H,36,37)/t17-/m1/s1. The lowest BCUT2D eigenvalue weighted by Gasteiger charge is -2.35. The van der Waals surface area contributed by atoms with Gasteiger partial charge < -0.3 is 24.5 Å². The zero-order valence-electron chi connectivity index (χ0n) is 19.9. The van der Waals surface area contributed by atoms with Gasteiger partial charge in [0.1, 0.15) is 28.2 Å². The molecule has 12 heteroatoms. The van der Waals surface area contributed by atoms with E-state index in [4.69, 9.17) is 11.6 Å². The maximum Gasteiger partial charge on any atom is 0.404 e. The van der Waals surface area contributed by atoms with Crippen LogP contribution in [0.1, 0.15) is 28.8 Å². The van der Waals surface area contributed by atoms with Gasteiger partial charge in [-0.2, -0.15) is 0 Å². The molecule has 0 radical (unpaired) electrons. The molecule has 1 atom stereocenters. The minimum Gasteiger partial charge on any atom is -0.465 e. The zero-order valence-corrected chi connectivity index (χ0v) is 20.7. The molecule has 10 nitrogen and oxygen atoms in total. The molecule has 4 heterocycles. The van der Waals surface area contributed by atoms with Gasteiger partial charge >= 0.3 is 6.09 Å². The first-order chi connectivity index (χ1) is 17.7. The zero-order chi connectivity index (χ0) is 26.3. The Kier molecular flexibility index (Phi) is 6.46. The lowest BCUT2D eigenvalue weighted by molar-refractivity contribution is 0.0961. The van der Waals surface area contributed by atoms with Gasteiger partial charge in [-0.3, -0.25) is 14.2 Å². The average molecular weight is 527 g/mol. The smallest absolute Gasteiger partial charge is 0.404 e. The fourth-order valence-electron chi connectivity index (χ4n) is 4.87. The van der Waals surface area contributed by atoms with Gasteiger partial charge in [0.25, 0.3) is 11.5 Å². The maximum absolute atomic E-state index is 14.2. The third kappa shape index (κ3) is 4.57. The molecule has 1 amide bonds. The fourth-order valence-corrected chi connectivity index (χ4v) is 5.05. The van der Waals surface area contributed by atoms with Crippen LogP contribution in [0.4, 0.5) is 15.0 Å². The van der Waals surface area contributed by atoms with E-state index in [1.807, 2.05) is 4.90 Å². The number of nitrogens with one attached hydrogen (secondary N) is 1. The van der Waals surface area contributed by atoms with E-state index in [0.29, 0.717) is 35.8 Å². The highest BCUT2D eigenvalue weighted by Gasteiger charge is 2.33. The number of hydrogen-bond acceptors (Lipinski definition) is 5. The largest absolute Gasteiger partial charge is 0.465 e. The molecule has 1 aliphatic rings. The number of halogens is 2. The van der Waals surface area contributed by atoms with Crippen molar-refractivity contribution in [3.8, 4) is 0 Å². The van der Waals surface area contributed by atoms with E-state index in [1.165, 1.54) is 33.7 Å². The second-order valence-electron chi connectivity index (χ2n) is 9.01. The molecule has 3 aromatic heterocycles. The van der Waals surface area contributed by atoms with E-state index in [-0.39, 0.29) is 41.3 Å². The first-order valence-corrected chi connectivity index (χ1v) is 12.1. The Balaban J connectivity index is 1.78. The summed E-state index contributed by atoms with van der Waals surface area (Å²) in [6.45, 7) is 0.777. The Morgan fingerprint density at radius 1 is 1.27 bits per heavy atom. The Hall–Kier alpha value is -4.12. The number of hydrogen-bond donors (Lipinski definition) is 2. The van der Waals surface area contributed by atoms with Crippen LogP contribution in [0.15, 0.2) is 53.8 Å². The molecule has 0 unspecified atom stereocenters. The van der Waals surface area contributed by atoms with Gasteiger partial charge in [0, 0.05) is 43.6 Å². The quantitative estimate of drug-likeness (QED) is 0.412. The first-order valence-electron chi connectivity index (χ1n) is 11.7. The summed E-state index contributed by atoms with van der Waals surface area (Å²) >= 11 is 6.40. The van der Waals surface area contributed by atoms with Crippen molar-refractivity contribution in [2.45, 2.75) is 25.4 Å². The molecule has 0 spiro atoms. The van der Waals surface area contributed by atoms with Gasteiger partial charge in [0.15, 0.2) is 0 Å². The predicted molar refractivity (Wildman–Crippen MR) is 136 cm³/mol. The SMILES string of the molecule is Cn1cnc2c(C(=O)n3cccc3)c(N3CCC[C@@H](NC(=O)O)C3)n(Cc3cc(F)ccc3Cl)c2c1=O. The number of benzene rings is 1. The number of amides is 1. The summed E-state index contributed by atoms with van der Waals surface area (Å²) in [5.74, 6) is -0.486. The lowest BCUT2D eigenvalue weighted by atomic mass is 10.1. The number of carboxylic acid groups (broad SMARTS) is 1. The van der Waals surface area contributed by atoms with Crippen LogP contribution in [-0.4, -0.2) is 54.9 Å². The maximum atomic E-state index is 14.2. The second kappa shape index (κ2) is 9.74. The van der Waals surface area contributed by atoms with Crippen LogP contribution in [0.3, 0.4) is 0 Å². The van der Waals surface area contributed by atoms with E-state index < -0.39 is 17.8 Å². The predicted octanol–water partition coefficient (Wildman–Crippen LogP) is 3.30. The van der Waals surface area contributed by atoms with Crippen molar-refractivity contribution in [3.05, 3.63) is 81.4 Å². The molecule has 192 valence electrons. The Labute approximate surface area is 215 Å². The summed E-state index contributed by atoms with van der Waals surface area (Å²) in [6, 6.07) is 7.01. The van der Waals surface area contributed by atoms with Gasteiger partial charge in [0.05, 0.1) is 12.9 Å². The number of carbonyl (C=O) groups excluding carboxylic acids is 1. The number of aryl methyl sites for hydroxylation is 1. The van der Waals surface area contributed by atoms with Crippen LogP contribution < -0.4 is 15.8 Å². The number of rotatable bonds is 5. The summed E-state index contributed by atoms with van der Waals surface area (Å²) in [5.41, 5.74) is 0.611. The van der Waals surface area contributed by atoms with E-state index in [9.17, 15) is 23.9 Å². The van der Waals surface area contributed by atoms with Crippen LogP contribution in [0.5, 0.6) is 0 Å². The molecule has 1 aromatic carbocycles. The average Bonchev–Trinajstić information content (AvgIpc) is 3.50. The second-order valence-corrected chi connectivity index (χ2v) is 9.42. The summed E-state index contributed by atoms with van der Waals surface area (Å²) in [5, 5.41) is 12.1. The van der Waals surface area contributed by atoms with Crippen LogP contribution >= 0.6 is 11.6 Å². The number of aromatic nitrogens is 4. The molecule has 0 bridgehead atoms. The van der Waals surface area contributed by atoms with Crippen molar-refractivity contribution in [1.29, 1.82) is 0 Å². The number of piperidine rings is 1. The highest BCUT2D eigenvalue weighted by atomic mass is 35.5. The monoisotopic (exact) mass is 526 g/mol. The summed E-state index contributed by atoms with van der Waals surface area (Å²) < 4.78 is 18.5. The molecule has 0 aliphatic carbocycles. The van der Waals surface area contributed by atoms with Crippen molar-refractivity contribution >= 4 is 40.5 Å². The molecule has 5 rings (SSSR count). The topological polar surface area (TPSA) is 114 Å². The van der Waals surface area contributed by atoms with Gasteiger partial charge in [-0.1, -0.05) is 11.6 Å². The number of carbonyl (C=O) groups is 2. The third-order valence-electron chi connectivity index (χ3n) is 6.53. The number of fused-ring (bicyclic) bond motifs is 1. The minimum atomic E-state index is -1.14. The molecule has 1 fully saturated rings. The van der Waals surface area contributed by atoms with Crippen LogP contribution in [-0.2, 0) is 13.6 Å². The summed E-state index contributed by atoms with van der Waals surface area (Å²) in [6.07, 6.45) is 4.69. The fraction of sp³-hybridized carbons (Fsp3) is 0.280. The van der Waals surface area contributed by atoms with Crippen molar-refractivity contribution in [2.24, 2.45) is 7.05 Å². The summed E-state index contributed by atoms with van der Waals surface area (Å²) in [4.78, 5) is 44.9. The van der Waals surface area contributed by atoms with E-state index in [1.54, 1.807) is 36.1 Å². The highest BCUT2D eigenvalue weighted by molar-refractivity contribution is 6.31. The molecule has 1 saturated heterocycles. The van der Waals surface area contributed by atoms with E-state index in [2.05, 4.69) is 10.3 Å². The Morgan fingerprint density at radius 2 is 2.03 bits per heavy atom. The number of nitrogens with zero attached hydrogens (tertiary/aromatic N) is 5. The van der Waals surface area contributed by atoms with Gasteiger partial charge in [0.2, 0.25) is 0 Å². The first kappa shape index (κ1) is 24.6. The molecule has 37 heavy (non-hydrogen) atoms. The number of anilines is 1. The van der Waals surface area contributed by atoms with Crippen LogP contribution in [0, 0.1) is 5.82 Å². The van der Waals surface area contributed by atoms with Crippen LogP contribution in [0.2, 0.25) is 5.02 Å². The van der Waals surface area contributed by atoms with Gasteiger partial charge in [-0.25, -0.2) is 14.2 Å². The third-order valence-corrected chi connectivity index (χ3v) is 6.90. The highest BCUT2D eigenvalue weighted by Crippen LogP contribution is 2.34. The molecular weight excluding hydrogens is 503 g/mol. The molecule has 0 saturated carbocycles. The van der Waals surface area contributed by atoms with Crippen molar-refractivity contribution in [3.63, 3.8) is 0 Å². The van der Waals surface area contributed by atoms with Crippen molar-refractivity contribution in [1.82, 2.24) is 24.0 Å². The molecule has 2 N–H and O–H groups in total.